The van der Waals surface area contributed by atoms with E-state index in [1.807, 2.05) is 0 Å². The number of hydrogen-bond donors (Lipinski definition) is 0. The van der Waals surface area contributed by atoms with Crippen LogP contribution in [0.2, 0.25) is 0 Å². The van der Waals surface area contributed by atoms with Gasteiger partial charge in [0, 0.05) is 23.3 Å². The number of aromatic nitrogens is 2. The molecular weight excluding hydrogens is 377 g/mol. The summed E-state index contributed by atoms with van der Waals surface area (Å²) in [7, 11) is 1.31. The lowest BCUT2D eigenvalue weighted by Gasteiger charge is -2.25. The predicted octanol–water partition coefficient (Wildman–Crippen LogP) is 3.02. The van der Waals surface area contributed by atoms with Crippen LogP contribution >= 0.6 is 0 Å². The minimum absolute atomic E-state index is 0.0708. The lowest BCUT2D eigenvalue weighted by Crippen LogP contribution is -2.42. The molecule has 0 saturated heterocycles. The van der Waals surface area contributed by atoms with E-state index in [2.05, 4.69) is 9.97 Å². The molecule has 2 unspecified atom stereocenters. The molecule has 2 aliphatic rings. The number of pyridine rings is 2. The molecule has 9 heteroatoms. The molecule has 0 aromatic carbocycles. The Morgan fingerprint density at radius 3 is 2.32 bits per heavy atom. The minimum atomic E-state index is -4.95. The topological polar surface area (TPSA) is 86.2 Å². The Morgan fingerprint density at radius 1 is 1.11 bits per heavy atom. The highest BCUT2D eigenvalue weighted by Crippen LogP contribution is 2.42. The zero-order valence-electron chi connectivity index (χ0n) is 14.7. The van der Waals surface area contributed by atoms with Gasteiger partial charge in [-0.25, -0.2) is 4.98 Å². The van der Waals surface area contributed by atoms with Crippen molar-refractivity contribution in [2.24, 2.45) is 17.8 Å². The number of nitrogens with zero attached hydrogens (tertiary/aromatic N) is 2. The van der Waals surface area contributed by atoms with Crippen LogP contribution in [0.5, 0.6) is 5.88 Å². The Balaban J connectivity index is 1.86. The van der Waals surface area contributed by atoms with E-state index in [1.165, 1.54) is 19.2 Å². The van der Waals surface area contributed by atoms with E-state index in [-0.39, 0.29) is 16.9 Å². The van der Waals surface area contributed by atoms with Crippen LogP contribution in [0.25, 0.3) is 11.0 Å². The van der Waals surface area contributed by atoms with E-state index in [0.29, 0.717) is 19.3 Å². The third kappa shape index (κ3) is 2.85. The van der Waals surface area contributed by atoms with Gasteiger partial charge in [0.2, 0.25) is 5.88 Å². The minimum Gasteiger partial charge on any atom is -0.481 e. The van der Waals surface area contributed by atoms with Crippen molar-refractivity contribution in [1.29, 1.82) is 0 Å². The van der Waals surface area contributed by atoms with Gasteiger partial charge in [-0.2, -0.15) is 18.2 Å². The van der Waals surface area contributed by atoms with Gasteiger partial charge in [-0.3, -0.25) is 14.4 Å². The Morgan fingerprint density at radius 2 is 1.75 bits per heavy atom. The molecule has 2 saturated carbocycles. The smallest absolute Gasteiger partial charge is 0.434 e. The number of Topliss-reactive ketones (excluding diaryl/α,β-unsaturated/α-hetero) is 3. The predicted molar refractivity (Wildman–Crippen MR) is 89.8 cm³/mol. The van der Waals surface area contributed by atoms with Crippen molar-refractivity contribution in [1.82, 2.24) is 9.97 Å². The van der Waals surface area contributed by atoms with Gasteiger partial charge in [-0.05, 0) is 31.4 Å². The molecule has 28 heavy (non-hydrogen) atoms. The summed E-state index contributed by atoms with van der Waals surface area (Å²) in [4.78, 5) is 45.4. The summed E-state index contributed by atoms with van der Waals surface area (Å²) in [5.41, 5.74) is -2.48. The van der Waals surface area contributed by atoms with Crippen LogP contribution < -0.4 is 4.74 Å². The monoisotopic (exact) mass is 392 g/mol. The van der Waals surface area contributed by atoms with Crippen molar-refractivity contribution >= 4 is 28.4 Å². The molecule has 0 spiro atoms. The van der Waals surface area contributed by atoms with Crippen LogP contribution in [0.15, 0.2) is 18.2 Å². The van der Waals surface area contributed by atoms with Gasteiger partial charge in [-0.15, -0.1) is 0 Å². The van der Waals surface area contributed by atoms with E-state index in [0.717, 1.165) is 6.07 Å². The van der Waals surface area contributed by atoms with Gasteiger partial charge in [0.05, 0.1) is 12.7 Å². The van der Waals surface area contributed by atoms with Crippen LogP contribution in [-0.2, 0) is 15.8 Å². The number of ether oxygens (including phenoxy) is 1. The lowest BCUT2D eigenvalue weighted by atomic mass is 9.75. The number of ketones is 3. The molecule has 0 amide bonds. The van der Waals surface area contributed by atoms with Crippen LogP contribution in [-0.4, -0.2) is 34.4 Å². The highest BCUT2D eigenvalue weighted by atomic mass is 19.4. The van der Waals surface area contributed by atoms with Crippen LogP contribution in [0.4, 0.5) is 13.2 Å². The standard InChI is InChI=1S/C19H15F3N2O4/c1-28-12-5-4-10-7-11(17(19(20,21)22)24-18(10)23-12)16(27)13-14(25)8-2-3-9(6-8)15(13)26/h4-5,7-9,13H,2-3,6H2,1H3. The number of alkyl halides is 3. The summed E-state index contributed by atoms with van der Waals surface area (Å²) in [6.07, 6.45) is -3.59. The maximum Gasteiger partial charge on any atom is 0.434 e. The second-order valence-corrected chi connectivity index (χ2v) is 7.09. The van der Waals surface area contributed by atoms with Gasteiger partial charge in [-0.1, -0.05) is 0 Å². The molecule has 0 radical (unpaired) electrons. The second-order valence-electron chi connectivity index (χ2n) is 7.09. The van der Waals surface area contributed by atoms with Crippen molar-refractivity contribution < 1.29 is 32.3 Å². The summed E-state index contributed by atoms with van der Waals surface area (Å²) < 4.78 is 45.7. The second kappa shape index (κ2) is 6.35. The molecule has 146 valence electrons. The first kappa shape index (κ1) is 18.5. The first-order chi connectivity index (χ1) is 13.2. The summed E-state index contributed by atoms with van der Waals surface area (Å²) >= 11 is 0. The number of hydrogen-bond acceptors (Lipinski definition) is 6. The van der Waals surface area contributed by atoms with Gasteiger partial charge in [0.15, 0.2) is 28.7 Å². The number of fused-ring (bicyclic) bond motifs is 3. The van der Waals surface area contributed by atoms with E-state index >= 15 is 0 Å². The Hall–Kier alpha value is -2.84. The zero-order chi connectivity index (χ0) is 20.2. The molecule has 2 aliphatic carbocycles. The fraction of sp³-hybridized carbons (Fsp3) is 0.421. The number of halogens is 3. The molecule has 2 fully saturated rings. The molecule has 0 N–H and O–H groups in total. The zero-order valence-corrected chi connectivity index (χ0v) is 14.7. The van der Waals surface area contributed by atoms with Crippen LogP contribution in [0.3, 0.4) is 0 Å². The third-order valence-corrected chi connectivity index (χ3v) is 5.46. The number of rotatable bonds is 3. The molecule has 2 heterocycles. The van der Waals surface area contributed by atoms with Crippen molar-refractivity contribution in [3.05, 3.63) is 29.5 Å². The number of carbonyl (C=O) groups is 3. The van der Waals surface area contributed by atoms with E-state index in [1.54, 1.807) is 0 Å². The Bertz CT molecular complexity index is 996. The first-order valence-electron chi connectivity index (χ1n) is 8.75. The summed E-state index contributed by atoms with van der Waals surface area (Å²) in [6, 6.07) is 3.83. The molecule has 2 aromatic heterocycles. The molecule has 6 nitrogen and oxygen atoms in total. The molecule has 2 bridgehead atoms. The first-order valence-corrected chi connectivity index (χ1v) is 8.75. The molecule has 2 atom stereocenters. The normalized spacial score (nSPS) is 24.6. The molecule has 2 aromatic rings. The van der Waals surface area contributed by atoms with Gasteiger partial charge >= 0.3 is 6.18 Å². The lowest BCUT2D eigenvalue weighted by molar-refractivity contribution is -0.142. The fourth-order valence-corrected chi connectivity index (χ4v) is 4.08. The summed E-state index contributed by atoms with van der Waals surface area (Å²) in [6.45, 7) is 0. The fourth-order valence-electron chi connectivity index (χ4n) is 4.08. The Kier molecular flexibility index (Phi) is 4.20. The largest absolute Gasteiger partial charge is 0.481 e. The average molecular weight is 392 g/mol. The van der Waals surface area contributed by atoms with E-state index in [4.69, 9.17) is 4.74 Å². The van der Waals surface area contributed by atoms with Crippen molar-refractivity contribution in [2.45, 2.75) is 25.4 Å². The number of methoxy groups -OCH3 is 1. The van der Waals surface area contributed by atoms with Gasteiger partial charge < -0.3 is 4.74 Å². The average Bonchev–Trinajstić information content (AvgIpc) is 3.11. The summed E-state index contributed by atoms with van der Waals surface area (Å²) in [5, 5.41) is 0.177. The highest BCUT2D eigenvalue weighted by Gasteiger charge is 2.51. The van der Waals surface area contributed by atoms with E-state index < -0.39 is 52.5 Å². The summed E-state index contributed by atoms with van der Waals surface area (Å²) in [5.74, 6) is -4.78. The van der Waals surface area contributed by atoms with Crippen LogP contribution in [0.1, 0.15) is 35.3 Å². The van der Waals surface area contributed by atoms with Gasteiger partial charge in [0.25, 0.3) is 0 Å². The molecule has 4 rings (SSSR count). The third-order valence-electron chi connectivity index (χ3n) is 5.46. The van der Waals surface area contributed by atoms with Crippen molar-refractivity contribution in [3.8, 4) is 5.88 Å². The molecular formula is C19H15F3N2O4. The van der Waals surface area contributed by atoms with Crippen molar-refractivity contribution in [3.63, 3.8) is 0 Å². The van der Waals surface area contributed by atoms with Gasteiger partial charge in [0.1, 0.15) is 5.92 Å². The quantitative estimate of drug-likeness (QED) is 0.590. The number of carbonyl (C=O) groups excluding carboxylic acids is 3. The molecule has 0 aliphatic heterocycles. The van der Waals surface area contributed by atoms with E-state index in [9.17, 15) is 27.6 Å². The SMILES string of the molecule is COc1ccc2cc(C(=O)C3C(=O)C4CCC(C4)C3=O)c(C(F)(F)F)nc2n1. The maximum atomic E-state index is 13.6. The highest BCUT2D eigenvalue weighted by molar-refractivity contribution is 6.27. The van der Waals surface area contributed by atoms with Crippen LogP contribution in [0, 0.1) is 17.8 Å². The maximum absolute atomic E-state index is 13.6. The Labute approximate surface area is 157 Å². The van der Waals surface area contributed by atoms with Crippen molar-refractivity contribution in [2.75, 3.05) is 7.11 Å².